The van der Waals surface area contributed by atoms with E-state index in [1.54, 1.807) is 42.7 Å². The van der Waals surface area contributed by atoms with Crippen molar-refractivity contribution >= 4 is 21.9 Å². The number of benzene rings is 2. The highest BCUT2D eigenvalue weighted by Gasteiger charge is 2.42. The van der Waals surface area contributed by atoms with Gasteiger partial charge in [0, 0.05) is 30.4 Å². The van der Waals surface area contributed by atoms with Crippen molar-refractivity contribution < 1.29 is 38.0 Å². The number of carbonyl (C=O) groups is 1. The summed E-state index contributed by atoms with van der Waals surface area (Å²) < 4.78 is 41.3. The number of carbonyl (C=O) groups excluding carboxylic acids is 1. The maximum absolute atomic E-state index is 12.2. The Balaban J connectivity index is 2.59. The molecule has 3 rings (SSSR count). The molecule has 2 aromatic carbocycles. The molecule has 8 nitrogen and oxygen atoms in total. The normalized spacial score (nSPS) is 18.9. The minimum Gasteiger partial charge on any atom is -0.493 e. The lowest BCUT2D eigenvalue weighted by Crippen LogP contribution is -2.42. The van der Waals surface area contributed by atoms with Crippen LogP contribution in [-0.4, -0.2) is 54.2 Å². The van der Waals surface area contributed by atoms with Crippen molar-refractivity contribution in [2.45, 2.75) is 39.2 Å². The van der Waals surface area contributed by atoms with E-state index in [0.29, 0.717) is 47.3 Å². The predicted octanol–water partition coefficient (Wildman–Crippen LogP) is 5.22. The van der Waals surface area contributed by atoms with Crippen LogP contribution in [0.1, 0.15) is 31.9 Å². The van der Waals surface area contributed by atoms with Crippen molar-refractivity contribution in [3.63, 3.8) is 0 Å². The van der Waals surface area contributed by atoms with Gasteiger partial charge in [-0.05, 0) is 46.5 Å². The van der Waals surface area contributed by atoms with Gasteiger partial charge in [0.1, 0.15) is 5.60 Å². The first-order valence-corrected chi connectivity index (χ1v) is 11.9. The first-order chi connectivity index (χ1) is 16.6. The van der Waals surface area contributed by atoms with Crippen LogP contribution >= 0.6 is 15.9 Å². The van der Waals surface area contributed by atoms with Gasteiger partial charge in [-0.1, -0.05) is 6.92 Å². The van der Waals surface area contributed by atoms with Crippen LogP contribution in [0.5, 0.6) is 34.5 Å². The molecule has 0 spiro atoms. The minimum atomic E-state index is -0.817. The Kier molecular flexibility index (Phi) is 7.99. The van der Waals surface area contributed by atoms with E-state index in [0.717, 1.165) is 26.7 Å². The van der Waals surface area contributed by atoms with Crippen LogP contribution in [0.2, 0.25) is 0 Å². The number of esters is 1. The van der Waals surface area contributed by atoms with Crippen molar-refractivity contribution in [2.75, 3.05) is 42.7 Å². The maximum Gasteiger partial charge on any atom is 0.303 e. The molecular weight excluding hydrogens is 520 g/mol. The molecule has 9 heteroatoms. The number of methoxy groups -OCH3 is 6. The Hall–Kier alpha value is -2.81. The minimum absolute atomic E-state index is 0.0727. The van der Waals surface area contributed by atoms with E-state index in [9.17, 15) is 4.79 Å². The maximum atomic E-state index is 12.2. The summed E-state index contributed by atoms with van der Waals surface area (Å²) in [6, 6.07) is 1.89. The van der Waals surface area contributed by atoms with Gasteiger partial charge in [0.2, 0.25) is 11.5 Å². The second kappa shape index (κ2) is 10.4. The highest BCUT2D eigenvalue weighted by Crippen LogP contribution is 2.58. The Bertz CT molecular complexity index is 1130. The number of fused-ring (bicyclic) bond motifs is 3. The zero-order valence-electron chi connectivity index (χ0n) is 21.7. The van der Waals surface area contributed by atoms with E-state index in [2.05, 4.69) is 22.9 Å². The van der Waals surface area contributed by atoms with Gasteiger partial charge in [-0.25, -0.2) is 0 Å². The summed E-state index contributed by atoms with van der Waals surface area (Å²) in [4.78, 5) is 12.2. The fourth-order valence-electron chi connectivity index (χ4n) is 4.88. The number of hydrogen-bond donors (Lipinski definition) is 0. The Labute approximate surface area is 214 Å². The van der Waals surface area contributed by atoms with Crippen LogP contribution in [0.4, 0.5) is 0 Å². The molecule has 0 aromatic heterocycles. The van der Waals surface area contributed by atoms with E-state index in [4.69, 9.17) is 33.2 Å². The second-order valence-electron chi connectivity index (χ2n) is 8.63. The number of halogens is 1. The molecule has 1 aliphatic rings. The molecule has 0 amide bonds. The average molecular weight is 553 g/mol. The molecule has 1 aliphatic carbocycles. The monoisotopic (exact) mass is 552 g/mol. The van der Waals surface area contributed by atoms with E-state index in [-0.39, 0.29) is 11.9 Å². The van der Waals surface area contributed by atoms with Crippen molar-refractivity contribution in [1.82, 2.24) is 0 Å². The molecule has 192 valence electrons. The van der Waals surface area contributed by atoms with Crippen LogP contribution < -0.4 is 28.4 Å². The standard InChI is InChI=1S/C26H33BrO8/c1-13-10-16-19(23(32-7)25(34-9)24(33-8)20(16)27)18-15(12-26(13,3)35-14(2)28)11-17(29-4)21(30-5)22(18)31-6/h11,13H,10,12H2,1-9H3/t13-,26-/m1/s1. The highest BCUT2D eigenvalue weighted by molar-refractivity contribution is 9.10. The molecule has 0 aliphatic heterocycles. The van der Waals surface area contributed by atoms with Gasteiger partial charge in [-0.15, -0.1) is 0 Å². The molecule has 0 N–H and O–H groups in total. The van der Waals surface area contributed by atoms with Crippen LogP contribution in [0.25, 0.3) is 11.1 Å². The largest absolute Gasteiger partial charge is 0.493 e. The van der Waals surface area contributed by atoms with Gasteiger partial charge < -0.3 is 33.2 Å². The van der Waals surface area contributed by atoms with E-state index in [1.165, 1.54) is 6.92 Å². The van der Waals surface area contributed by atoms with Crippen LogP contribution in [0.3, 0.4) is 0 Å². The van der Waals surface area contributed by atoms with Gasteiger partial charge in [0.05, 0.1) is 47.1 Å². The van der Waals surface area contributed by atoms with E-state index < -0.39 is 5.60 Å². The molecule has 0 saturated heterocycles. The summed E-state index contributed by atoms with van der Waals surface area (Å²) in [5.74, 6) is 2.44. The van der Waals surface area contributed by atoms with Gasteiger partial charge in [0.25, 0.3) is 0 Å². The van der Waals surface area contributed by atoms with Gasteiger partial charge in [-0.3, -0.25) is 4.79 Å². The summed E-state index contributed by atoms with van der Waals surface area (Å²) in [6.45, 7) is 5.43. The highest BCUT2D eigenvalue weighted by atomic mass is 79.9. The van der Waals surface area contributed by atoms with Crippen molar-refractivity contribution in [2.24, 2.45) is 5.92 Å². The third-order valence-electron chi connectivity index (χ3n) is 6.65. The first kappa shape index (κ1) is 26.8. The molecule has 2 atom stereocenters. The smallest absolute Gasteiger partial charge is 0.303 e. The Morgan fingerprint density at radius 1 is 0.857 bits per heavy atom. The third-order valence-corrected chi connectivity index (χ3v) is 7.49. The molecule has 0 unspecified atom stereocenters. The Morgan fingerprint density at radius 3 is 1.89 bits per heavy atom. The zero-order valence-corrected chi connectivity index (χ0v) is 23.3. The molecule has 0 fully saturated rings. The van der Waals surface area contributed by atoms with E-state index in [1.807, 2.05) is 13.0 Å². The molecule has 0 radical (unpaired) electrons. The quantitative estimate of drug-likeness (QED) is 0.432. The van der Waals surface area contributed by atoms with Crippen molar-refractivity contribution in [3.05, 3.63) is 21.7 Å². The van der Waals surface area contributed by atoms with Crippen LogP contribution in [-0.2, 0) is 22.4 Å². The molecule has 0 bridgehead atoms. The predicted molar refractivity (Wildman–Crippen MR) is 136 cm³/mol. The van der Waals surface area contributed by atoms with Crippen molar-refractivity contribution in [1.29, 1.82) is 0 Å². The fourth-order valence-corrected chi connectivity index (χ4v) is 5.58. The summed E-state index contributed by atoms with van der Waals surface area (Å²) in [5, 5.41) is 0. The van der Waals surface area contributed by atoms with Gasteiger partial charge in [-0.2, -0.15) is 0 Å². The van der Waals surface area contributed by atoms with Gasteiger partial charge in [0.15, 0.2) is 23.0 Å². The fraction of sp³-hybridized carbons (Fsp3) is 0.500. The lowest BCUT2D eigenvalue weighted by atomic mass is 9.74. The van der Waals surface area contributed by atoms with E-state index >= 15 is 0 Å². The Morgan fingerprint density at radius 2 is 1.40 bits per heavy atom. The second-order valence-corrected chi connectivity index (χ2v) is 9.43. The average Bonchev–Trinajstić information content (AvgIpc) is 2.82. The molecular formula is C26H33BrO8. The number of rotatable bonds is 7. The SMILES string of the molecule is COc1cc2c(c(OC)c1OC)-c1c(c(Br)c(OC)c(OC)c1OC)C[C@@H](C)[C@](C)(OC(C)=O)C2. The first-order valence-electron chi connectivity index (χ1n) is 11.1. The summed E-state index contributed by atoms with van der Waals surface area (Å²) >= 11 is 3.76. The lowest BCUT2D eigenvalue weighted by molar-refractivity contribution is -0.160. The van der Waals surface area contributed by atoms with Gasteiger partial charge >= 0.3 is 5.97 Å². The van der Waals surface area contributed by atoms with Crippen molar-refractivity contribution in [3.8, 4) is 45.6 Å². The zero-order chi connectivity index (χ0) is 26.1. The summed E-state index contributed by atoms with van der Waals surface area (Å²) in [6.07, 6.45) is 0.960. The molecule has 2 aromatic rings. The lowest BCUT2D eigenvalue weighted by Gasteiger charge is -2.39. The summed E-state index contributed by atoms with van der Waals surface area (Å²) in [5.41, 5.74) is 2.44. The topological polar surface area (TPSA) is 81.7 Å². The molecule has 0 heterocycles. The number of ether oxygens (including phenoxy) is 7. The molecule has 0 saturated carbocycles. The molecule has 35 heavy (non-hydrogen) atoms. The number of hydrogen-bond acceptors (Lipinski definition) is 8. The van der Waals surface area contributed by atoms with Crippen LogP contribution in [0, 0.1) is 5.92 Å². The summed E-state index contributed by atoms with van der Waals surface area (Å²) in [7, 11) is 9.43. The van der Waals surface area contributed by atoms with Crippen LogP contribution in [0.15, 0.2) is 10.5 Å². The third kappa shape index (κ3) is 4.46.